The molecule has 1 aliphatic rings. The van der Waals surface area contributed by atoms with Crippen LogP contribution >= 0.6 is 35.1 Å². The Bertz CT molecular complexity index is 1020. The van der Waals surface area contributed by atoms with E-state index < -0.39 is 0 Å². The molecule has 1 aromatic carbocycles. The summed E-state index contributed by atoms with van der Waals surface area (Å²) in [5.74, 6) is -0.458. The molecule has 4 rings (SSSR count). The lowest BCUT2D eigenvalue weighted by molar-refractivity contribution is -0.115. The number of carbonyl (C=O) groups excluding carboxylic acids is 2. The smallest absolute Gasteiger partial charge is 0.341 e. The van der Waals surface area contributed by atoms with Gasteiger partial charge in [0.1, 0.15) is 5.00 Å². The van der Waals surface area contributed by atoms with Crippen LogP contribution in [0, 0.1) is 0 Å². The first-order valence-corrected chi connectivity index (χ1v) is 11.7. The number of hydrogen-bond acceptors (Lipinski definition) is 6. The minimum absolute atomic E-state index is 0. The molecule has 1 amide bonds. The molecule has 1 aliphatic heterocycles. The zero-order valence-corrected chi connectivity index (χ0v) is 19.7. The molecular formula is C23H25ClN2O3S2. The van der Waals surface area contributed by atoms with Crippen LogP contribution in [0.4, 0.5) is 5.00 Å². The quantitative estimate of drug-likeness (QED) is 0.479. The van der Waals surface area contributed by atoms with Gasteiger partial charge in [0, 0.05) is 29.4 Å². The van der Waals surface area contributed by atoms with Crippen molar-refractivity contribution in [2.75, 3.05) is 18.5 Å². The summed E-state index contributed by atoms with van der Waals surface area (Å²) in [6.45, 7) is 4.61. The predicted octanol–water partition coefficient (Wildman–Crippen LogP) is 5.15. The first-order chi connectivity index (χ1) is 14.6. The lowest BCUT2D eigenvalue weighted by Gasteiger charge is -2.27. The van der Waals surface area contributed by atoms with Crippen molar-refractivity contribution in [3.8, 4) is 0 Å². The number of amides is 1. The largest absolute Gasteiger partial charge is 0.462 e. The first-order valence-electron chi connectivity index (χ1n) is 10.0. The molecule has 0 spiro atoms. The molecule has 0 fully saturated rings. The number of esters is 1. The average Bonchev–Trinajstić information content (AvgIpc) is 3.35. The summed E-state index contributed by atoms with van der Waals surface area (Å²) in [5.41, 5.74) is 2.83. The van der Waals surface area contributed by atoms with Gasteiger partial charge in [-0.05, 0) is 35.9 Å². The number of carbonyl (C=O) groups is 2. The van der Waals surface area contributed by atoms with Crippen LogP contribution in [-0.4, -0.2) is 29.9 Å². The number of fused-ring (bicyclic) bond motifs is 1. The molecule has 0 bridgehead atoms. The second-order valence-corrected chi connectivity index (χ2v) is 9.32. The molecule has 5 nitrogen and oxygen atoms in total. The van der Waals surface area contributed by atoms with Crippen LogP contribution in [-0.2, 0) is 35.5 Å². The summed E-state index contributed by atoms with van der Waals surface area (Å²) >= 11 is 3.05. The number of nitrogens with zero attached hydrogens (tertiary/aromatic N) is 1. The van der Waals surface area contributed by atoms with E-state index in [1.807, 2.05) is 23.6 Å². The van der Waals surface area contributed by atoms with Crippen LogP contribution in [0.25, 0.3) is 0 Å². The van der Waals surface area contributed by atoms with Crippen LogP contribution in [0.5, 0.6) is 0 Å². The molecule has 2 aromatic heterocycles. The van der Waals surface area contributed by atoms with Crippen LogP contribution in [0.2, 0.25) is 0 Å². The molecule has 164 valence electrons. The summed E-state index contributed by atoms with van der Waals surface area (Å²) < 4.78 is 5.31. The van der Waals surface area contributed by atoms with Crippen molar-refractivity contribution in [3.63, 3.8) is 0 Å². The zero-order chi connectivity index (χ0) is 20.9. The standard InChI is InChI=1S/C23H24N2O3S2.ClH/c1-2-28-23(27)21-18-10-11-25(14-16-7-4-3-5-8-16)15-19(18)30-22(21)24-20(26)13-17-9-6-12-29-17;/h3-9,12H,2,10-11,13-15H2,1H3,(H,24,26);1H. The zero-order valence-electron chi connectivity index (χ0n) is 17.3. The molecule has 0 saturated carbocycles. The number of thiophene rings is 2. The highest BCUT2D eigenvalue weighted by Crippen LogP contribution is 2.38. The topological polar surface area (TPSA) is 58.6 Å². The van der Waals surface area contributed by atoms with E-state index in [1.54, 1.807) is 18.3 Å². The van der Waals surface area contributed by atoms with E-state index in [9.17, 15) is 9.59 Å². The van der Waals surface area contributed by atoms with Gasteiger partial charge in [-0.1, -0.05) is 36.4 Å². The van der Waals surface area contributed by atoms with Gasteiger partial charge >= 0.3 is 5.97 Å². The summed E-state index contributed by atoms with van der Waals surface area (Å²) in [4.78, 5) is 29.8. The summed E-state index contributed by atoms with van der Waals surface area (Å²) in [7, 11) is 0. The second-order valence-electron chi connectivity index (χ2n) is 7.18. The van der Waals surface area contributed by atoms with E-state index in [1.165, 1.54) is 16.9 Å². The SMILES string of the molecule is CCOC(=O)c1c(NC(=O)Cc2cccs2)sc2c1CCN(Cc1ccccc1)C2.Cl. The van der Waals surface area contributed by atoms with E-state index >= 15 is 0 Å². The number of nitrogens with one attached hydrogen (secondary N) is 1. The highest BCUT2D eigenvalue weighted by Gasteiger charge is 2.29. The monoisotopic (exact) mass is 476 g/mol. The Hall–Kier alpha value is -2.19. The number of ether oxygens (including phenoxy) is 1. The van der Waals surface area contributed by atoms with Crippen molar-refractivity contribution in [1.82, 2.24) is 4.90 Å². The fourth-order valence-corrected chi connectivity index (χ4v) is 5.68. The molecule has 0 radical (unpaired) electrons. The Morgan fingerprint density at radius 3 is 2.68 bits per heavy atom. The molecule has 0 aliphatic carbocycles. The van der Waals surface area contributed by atoms with E-state index in [-0.39, 0.29) is 24.3 Å². The van der Waals surface area contributed by atoms with Gasteiger partial charge in [-0.3, -0.25) is 9.69 Å². The number of hydrogen-bond donors (Lipinski definition) is 1. The van der Waals surface area contributed by atoms with E-state index in [0.717, 1.165) is 41.4 Å². The lowest BCUT2D eigenvalue weighted by atomic mass is 10.0. The van der Waals surface area contributed by atoms with Gasteiger partial charge < -0.3 is 10.1 Å². The Morgan fingerprint density at radius 2 is 1.97 bits per heavy atom. The van der Waals surface area contributed by atoms with Gasteiger partial charge in [0.25, 0.3) is 0 Å². The molecule has 3 heterocycles. The van der Waals surface area contributed by atoms with Crippen LogP contribution in [0.1, 0.15) is 38.2 Å². The van der Waals surface area contributed by atoms with Crippen molar-refractivity contribution in [3.05, 3.63) is 74.3 Å². The second kappa shape index (κ2) is 10.9. The number of rotatable bonds is 7. The van der Waals surface area contributed by atoms with Crippen molar-refractivity contribution >= 4 is 52.0 Å². The van der Waals surface area contributed by atoms with Crippen molar-refractivity contribution in [2.24, 2.45) is 0 Å². The van der Waals surface area contributed by atoms with Crippen molar-refractivity contribution < 1.29 is 14.3 Å². The number of halogens is 1. The van der Waals surface area contributed by atoms with Crippen molar-refractivity contribution in [2.45, 2.75) is 32.9 Å². The van der Waals surface area contributed by atoms with E-state index in [0.29, 0.717) is 23.6 Å². The molecule has 8 heteroatoms. The summed E-state index contributed by atoms with van der Waals surface area (Å²) in [5, 5.41) is 5.55. The van der Waals surface area contributed by atoms with Gasteiger partial charge in [0.05, 0.1) is 18.6 Å². The van der Waals surface area contributed by atoms with Crippen LogP contribution in [0.3, 0.4) is 0 Å². The van der Waals surface area contributed by atoms with Gasteiger partial charge in [0.15, 0.2) is 0 Å². The third-order valence-electron chi connectivity index (χ3n) is 5.03. The average molecular weight is 477 g/mol. The molecule has 0 saturated heterocycles. The van der Waals surface area contributed by atoms with Gasteiger partial charge in [-0.15, -0.1) is 35.1 Å². The minimum Gasteiger partial charge on any atom is -0.462 e. The summed E-state index contributed by atoms with van der Waals surface area (Å²) in [6.07, 6.45) is 1.08. The fraction of sp³-hybridized carbons (Fsp3) is 0.304. The molecule has 1 N–H and O–H groups in total. The molecule has 0 atom stereocenters. The fourth-order valence-electron chi connectivity index (χ4n) is 3.68. The molecular weight excluding hydrogens is 452 g/mol. The first kappa shape index (κ1) is 23.5. The van der Waals surface area contributed by atoms with Crippen molar-refractivity contribution in [1.29, 1.82) is 0 Å². The highest BCUT2D eigenvalue weighted by atomic mass is 35.5. The Kier molecular flexibility index (Phi) is 8.26. The maximum atomic E-state index is 12.7. The third-order valence-corrected chi connectivity index (χ3v) is 7.04. The summed E-state index contributed by atoms with van der Waals surface area (Å²) in [6, 6.07) is 14.3. The molecule has 31 heavy (non-hydrogen) atoms. The van der Waals surface area contributed by atoms with Crippen LogP contribution in [0.15, 0.2) is 47.8 Å². The van der Waals surface area contributed by atoms with Crippen LogP contribution < -0.4 is 5.32 Å². The Balaban J connectivity index is 0.00000272. The Morgan fingerprint density at radius 1 is 1.16 bits per heavy atom. The number of anilines is 1. The Labute approximate surface area is 196 Å². The van der Waals surface area contributed by atoms with Gasteiger partial charge in [-0.2, -0.15) is 0 Å². The lowest BCUT2D eigenvalue weighted by Crippen LogP contribution is -2.30. The maximum absolute atomic E-state index is 12.7. The molecule has 0 unspecified atom stereocenters. The normalized spacial score (nSPS) is 13.2. The van der Waals surface area contributed by atoms with Gasteiger partial charge in [0.2, 0.25) is 5.91 Å². The maximum Gasteiger partial charge on any atom is 0.341 e. The van der Waals surface area contributed by atoms with E-state index in [2.05, 4.69) is 34.5 Å². The number of benzene rings is 1. The van der Waals surface area contributed by atoms with E-state index in [4.69, 9.17) is 4.74 Å². The molecule has 3 aromatic rings. The predicted molar refractivity (Wildman–Crippen MR) is 128 cm³/mol. The minimum atomic E-state index is -0.349. The third kappa shape index (κ3) is 5.74. The highest BCUT2D eigenvalue weighted by molar-refractivity contribution is 7.17. The van der Waals surface area contributed by atoms with Gasteiger partial charge in [-0.25, -0.2) is 4.79 Å².